The monoisotopic (exact) mass is 1380 g/mol. The molecule has 2 unspecified atom stereocenters. The summed E-state index contributed by atoms with van der Waals surface area (Å²) in [6.07, 6.45) is 114. The third kappa shape index (κ3) is 83.5. The van der Waals surface area contributed by atoms with Crippen molar-refractivity contribution in [1.29, 1.82) is 0 Å². The van der Waals surface area contributed by atoms with E-state index in [1.54, 1.807) is 0 Å². The molecule has 0 aliphatic heterocycles. The lowest BCUT2D eigenvalue weighted by Crippen LogP contribution is -2.45. The number of carbonyl (C=O) groups is 2. The lowest BCUT2D eigenvalue weighted by Gasteiger charge is -2.22. The molecule has 0 aromatic carbocycles. The summed E-state index contributed by atoms with van der Waals surface area (Å²) in [6, 6.07) is -0.538. The molecule has 0 bridgehead atoms. The third-order valence-corrected chi connectivity index (χ3v) is 22.1. The number of amides is 1. The van der Waals surface area contributed by atoms with Crippen LogP contribution in [-0.2, 0) is 14.3 Å². The number of hydrogen-bond acceptors (Lipinski definition) is 5. The van der Waals surface area contributed by atoms with Gasteiger partial charge in [-0.25, -0.2) is 0 Å². The quantitative estimate of drug-likeness (QED) is 0.0320. The number of carbonyl (C=O) groups excluding carboxylic acids is 2. The lowest BCUT2D eigenvalue weighted by atomic mass is 10.0. The molecule has 1 amide bonds. The Morgan fingerprint density at radius 1 is 0.276 bits per heavy atom. The van der Waals surface area contributed by atoms with Crippen LogP contribution in [0.2, 0.25) is 0 Å². The first kappa shape index (κ1) is 96.6. The number of rotatable bonds is 88. The molecule has 98 heavy (non-hydrogen) atoms. The van der Waals surface area contributed by atoms with Gasteiger partial charge >= 0.3 is 5.97 Å². The number of unbranched alkanes of at least 4 members (excludes halogenated alkanes) is 75. The van der Waals surface area contributed by atoms with Gasteiger partial charge in [0.25, 0.3) is 0 Å². The Morgan fingerprint density at radius 3 is 0.724 bits per heavy atom. The lowest BCUT2D eigenvalue weighted by molar-refractivity contribution is -0.143. The first-order valence-electron chi connectivity index (χ1n) is 45.9. The fourth-order valence-electron chi connectivity index (χ4n) is 15.1. The highest BCUT2D eigenvalue weighted by Gasteiger charge is 2.20. The summed E-state index contributed by atoms with van der Waals surface area (Å²) in [7, 11) is 0. The van der Waals surface area contributed by atoms with Gasteiger partial charge in [-0.2, -0.15) is 0 Å². The van der Waals surface area contributed by atoms with E-state index in [4.69, 9.17) is 4.74 Å². The van der Waals surface area contributed by atoms with Crippen molar-refractivity contribution in [2.75, 3.05) is 13.2 Å². The summed E-state index contributed by atoms with van der Waals surface area (Å²) in [6.45, 7) is 5.02. The zero-order valence-corrected chi connectivity index (χ0v) is 67.3. The highest BCUT2D eigenvalue weighted by Crippen LogP contribution is 2.22. The van der Waals surface area contributed by atoms with E-state index >= 15 is 0 Å². The summed E-state index contributed by atoms with van der Waals surface area (Å²) in [5.41, 5.74) is 0. The maximum Gasteiger partial charge on any atom is 0.305 e. The fraction of sp³-hybridized carbons (Fsp3) is 0.957. The first-order chi connectivity index (χ1) is 48.5. The minimum atomic E-state index is -0.662. The minimum absolute atomic E-state index is 0.0221. The molecular weight excluding hydrogens is 1200 g/mol. The topological polar surface area (TPSA) is 95.9 Å². The number of allylic oxidation sites excluding steroid dienone is 2. The normalized spacial score (nSPS) is 12.4. The van der Waals surface area contributed by atoms with Gasteiger partial charge in [0.05, 0.1) is 25.4 Å². The van der Waals surface area contributed by atoms with E-state index in [9.17, 15) is 19.8 Å². The fourth-order valence-corrected chi connectivity index (χ4v) is 15.1. The maximum absolute atomic E-state index is 12.6. The van der Waals surface area contributed by atoms with Crippen molar-refractivity contribution in [3.05, 3.63) is 12.2 Å². The van der Waals surface area contributed by atoms with E-state index in [-0.39, 0.29) is 18.5 Å². The van der Waals surface area contributed by atoms with E-state index in [1.165, 1.54) is 469 Å². The SMILES string of the molecule is CCCCCCCC/C=C\CCCCCCCCCCCC(=O)OCCCCCCCCCCCCCCCCCCCCCCCCCCCCCCCCCCCCCCCC(=O)NC(CO)C(O)CCCCCCCCCCCCCCCCCCCCCCCCCCC. The predicted molar refractivity (Wildman–Crippen MR) is 435 cm³/mol. The van der Waals surface area contributed by atoms with Crippen LogP contribution < -0.4 is 5.32 Å². The molecule has 0 spiro atoms. The highest BCUT2D eigenvalue weighted by molar-refractivity contribution is 5.76. The molecule has 6 heteroatoms. The molecule has 0 aromatic heterocycles. The van der Waals surface area contributed by atoms with E-state index in [2.05, 4.69) is 31.3 Å². The molecule has 2 atom stereocenters. The summed E-state index contributed by atoms with van der Waals surface area (Å²) in [5.74, 6) is 0.00253. The Kier molecular flexibility index (Phi) is 86.7. The van der Waals surface area contributed by atoms with Gasteiger partial charge in [-0.05, 0) is 51.4 Å². The van der Waals surface area contributed by atoms with E-state index in [0.29, 0.717) is 25.9 Å². The van der Waals surface area contributed by atoms with Crippen LogP contribution in [0.15, 0.2) is 12.2 Å². The second kappa shape index (κ2) is 88.0. The zero-order valence-electron chi connectivity index (χ0n) is 67.3. The van der Waals surface area contributed by atoms with Crippen LogP contribution in [-0.4, -0.2) is 47.4 Å². The largest absolute Gasteiger partial charge is 0.466 e. The molecule has 0 aliphatic rings. The van der Waals surface area contributed by atoms with Crippen LogP contribution in [0.3, 0.4) is 0 Å². The predicted octanol–water partition coefficient (Wildman–Crippen LogP) is 31.0. The molecule has 0 fully saturated rings. The van der Waals surface area contributed by atoms with Gasteiger partial charge < -0.3 is 20.3 Å². The van der Waals surface area contributed by atoms with E-state index in [0.717, 1.165) is 38.5 Å². The van der Waals surface area contributed by atoms with E-state index < -0.39 is 12.1 Å². The van der Waals surface area contributed by atoms with Gasteiger partial charge in [0.1, 0.15) is 0 Å². The Bertz CT molecular complexity index is 1500. The van der Waals surface area contributed by atoms with Crippen molar-refractivity contribution in [3.8, 4) is 0 Å². The van der Waals surface area contributed by atoms with Crippen molar-refractivity contribution in [3.63, 3.8) is 0 Å². The number of esters is 1. The van der Waals surface area contributed by atoms with E-state index in [1.807, 2.05) is 0 Å². The van der Waals surface area contributed by atoms with Gasteiger partial charge in [-0.1, -0.05) is 488 Å². The van der Waals surface area contributed by atoms with Gasteiger partial charge in [-0.15, -0.1) is 0 Å². The van der Waals surface area contributed by atoms with Gasteiger partial charge in [0.15, 0.2) is 0 Å². The van der Waals surface area contributed by atoms with Crippen molar-refractivity contribution >= 4 is 11.9 Å². The molecule has 0 saturated carbocycles. The molecule has 0 radical (unpaired) electrons. The molecule has 6 nitrogen and oxygen atoms in total. The van der Waals surface area contributed by atoms with Crippen molar-refractivity contribution in [2.24, 2.45) is 0 Å². The molecule has 3 N–H and O–H groups in total. The highest BCUT2D eigenvalue weighted by atomic mass is 16.5. The Morgan fingerprint density at radius 2 is 0.480 bits per heavy atom. The van der Waals surface area contributed by atoms with Crippen LogP contribution in [0.5, 0.6) is 0 Å². The van der Waals surface area contributed by atoms with Crippen LogP contribution >= 0.6 is 0 Å². The van der Waals surface area contributed by atoms with Crippen molar-refractivity contribution in [2.45, 2.75) is 553 Å². The van der Waals surface area contributed by atoms with Crippen LogP contribution in [0, 0.1) is 0 Å². The summed E-state index contributed by atoms with van der Waals surface area (Å²) >= 11 is 0. The number of ether oxygens (including phenoxy) is 1. The Balaban J connectivity index is 3.30. The number of nitrogens with one attached hydrogen (secondary N) is 1. The Hall–Kier alpha value is -1.40. The van der Waals surface area contributed by atoms with Crippen LogP contribution in [0.4, 0.5) is 0 Å². The third-order valence-electron chi connectivity index (χ3n) is 22.1. The van der Waals surface area contributed by atoms with Crippen LogP contribution in [0.1, 0.15) is 540 Å². The number of hydrogen-bond donors (Lipinski definition) is 3. The van der Waals surface area contributed by atoms with Gasteiger partial charge in [0.2, 0.25) is 5.91 Å². The minimum Gasteiger partial charge on any atom is -0.466 e. The average molecular weight is 1380 g/mol. The molecule has 0 aromatic rings. The van der Waals surface area contributed by atoms with Crippen molar-refractivity contribution in [1.82, 2.24) is 5.32 Å². The molecule has 584 valence electrons. The van der Waals surface area contributed by atoms with Gasteiger partial charge in [-0.3, -0.25) is 9.59 Å². The summed E-state index contributed by atoms with van der Waals surface area (Å²) in [4.78, 5) is 24.7. The molecule has 0 heterocycles. The smallest absolute Gasteiger partial charge is 0.305 e. The number of aliphatic hydroxyl groups is 2. The molecule has 0 saturated heterocycles. The molecule has 0 aliphatic carbocycles. The van der Waals surface area contributed by atoms with Crippen LogP contribution in [0.25, 0.3) is 0 Å². The average Bonchev–Trinajstić information content (AvgIpc) is 1.77. The van der Waals surface area contributed by atoms with Gasteiger partial charge in [0, 0.05) is 12.8 Å². The molecule has 0 rings (SSSR count). The maximum atomic E-state index is 12.6. The van der Waals surface area contributed by atoms with Crippen molar-refractivity contribution < 1.29 is 24.5 Å². The Labute approximate surface area is 616 Å². The second-order valence-electron chi connectivity index (χ2n) is 32.0. The number of aliphatic hydroxyl groups excluding tert-OH is 2. The zero-order chi connectivity index (χ0) is 70.5. The molecular formula is C92H181NO5. The summed E-state index contributed by atoms with van der Waals surface area (Å²) < 4.78 is 5.53. The first-order valence-corrected chi connectivity index (χ1v) is 45.9. The second-order valence-corrected chi connectivity index (χ2v) is 32.0. The summed E-state index contributed by atoms with van der Waals surface area (Å²) in [5, 5.41) is 23.5. The standard InChI is InChI=1S/C92H181NO5/c1-3-5-7-9-11-13-15-17-19-21-23-24-25-39-42-45-49-52-56-60-64-68-72-76-80-84-90(95)89(88-94)93-91(96)85-81-77-73-69-65-61-57-53-50-46-43-40-37-35-33-31-29-27-26-28-30-32-34-36-38-41-44-47-51-55-59-63-67-71-75-79-83-87-98-92(97)86-82-78-74-70-66-62-58-54-48-22-20-18-16-14-12-10-8-6-4-2/h18,20,89-90,94-95H,3-17,19,21-88H2,1-2H3,(H,93,96)/b20-18-.